The number of amides is 1. The Morgan fingerprint density at radius 3 is 2.68 bits per heavy atom. The molecule has 5 heteroatoms. The lowest BCUT2D eigenvalue weighted by molar-refractivity contribution is 0.0950. The van der Waals surface area contributed by atoms with Crippen molar-refractivity contribution in [3.63, 3.8) is 0 Å². The highest BCUT2D eigenvalue weighted by atomic mass is 32.1. The summed E-state index contributed by atoms with van der Waals surface area (Å²) in [7, 11) is 0. The van der Waals surface area contributed by atoms with E-state index in [1.54, 1.807) is 6.20 Å². The molecule has 0 atom stereocenters. The zero-order valence-electron chi connectivity index (χ0n) is 14.4. The number of carbonyl (C=O) groups excluding carboxylic acids is 1. The lowest BCUT2D eigenvalue weighted by Crippen LogP contribution is -2.25. The highest BCUT2D eigenvalue weighted by Gasteiger charge is 2.11. The van der Waals surface area contributed by atoms with Gasteiger partial charge in [0.1, 0.15) is 10.7 Å². The third-order valence-corrected chi connectivity index (χ3v) is 4.87. The molecular weight excluding hydrogens is 330 g/mol. The van der Waals surface area contributed by atoms with E-state index in [0.29, 0.717) is 18.2 Å². The normalized spacial score (nSPS) is 10.8. The first-order valence-corrected chi connectivity index (χ1v) is 9.24. The standard InChI is InChI=1S/C20H21N3OS/c1-14(2)16-5-7-17(8-6-16)20-23-18(13-25-20)19(24)22-11-9-15-4-3-10-21-12-15/h3-8,10,12-14H,9,11H2,1-2H3,(H,22,24). The first-order chi connectivity index (χ1) is 12.1. The van der Waals surface area contributed by atoms with Crippen molar-refractivity contribution in [2.45, 2.75) is 26.2 Å². The van der Waals surface area contributed by atoms with Crippen LogP contribution >= 0.6 is 11.3 Å². The SMILES string of the molecule is CC(C)c1ccc(-c2nc(C(=O)NCCc3cccnc3)cs2)cc1. The maximum absolute atomic E-state index is 12.2. The predicted octanol–water partition coefficient (Wildman–Crippen LogP) is 4.30. The summed E-state index contributed by atoms with van der Waals surface area (Å²) in [6.45, 7) is 4.92. The molecule has 3 rings (SSSR count). The summed E-state index contributed by atoms with van der Waals surface area (Å²) in [5.41, 5.74) is 3.92. The molecule has 128 valence electrons. The summed E-state index contributed by atoms with van der Waals surface area (Å²) in [6, 6.07) is 12.3. The second-order valence-electron chi connectivity index (χ2n) is 6.18. The van der Waals surface area contributed by atoms with Gasteiger partial charge in [-0.2, -0.15) is 0 Å². The molecule has 0 aliphatic heterocycles. The number of rotatable bonds is 6. The monoisotopic (exact) mass is 351 g/mol. The maximum Gasteiger partial charge on any atom is 0.270 e. The molecule has 0 unspecified atom stereocenters. The smallest absolute Gasteiger partial charge is 0.270 e. The van der Waals surface area contributed by atoms with Gasteiger partial charge in [0.15, 0.2) is 0 Å². The van der Waals surface area contributed by atoms with Crippen LogP contribution in [0.15, 0.2) is 54.2 Å². The molecule has 1 N–H and O–H groups in total. The number of aromatic nitrogens is 2. The lowest BCUT2D eigenvalue weighted by Gasteiger charge is -2.05. The molecule has 1 aromatic carbocycles. The first kappa shape index (κ1) is 17.3. The first-order valence-electron chi connectivity index (χ1n) is 8.36. The Kier molecular flexibility index (Phi) is 5.56. The molecule has 3 aromatic rings. The predicted molar refractivity (Wildman–Crippen MR) is 102 cm³/mol. The van der Waals surface area contributed by atoms with Crippen LogP contribution in [0, 0.1) is 0 Å². The molecule has 0 aliphatic rings. The zero-order chi connectivity index (χ0) is 17.6. The molecule has 0 aliphatic carbocycles. The van der Waals surface area contributed by atoms with E-state index in [2.05, 4.69) is 53.4 Å². The summed E-state index contributed by atoms with van der Waals surface area (Å²) < 4.78 is 0. The van der Waals surface area contributed by atoms with Gasteiger partial charge in [0.05, 0.1) is 0 Å². The minimum atomic E-state index is -0.134. The Morgan fingerprint density at radius 1 is 1.20 bits per heavy atom. The van der Waals surface area contributed by atoms with Gasteiger partial charge in [0.2, 0.25) is 0 Å². The van der Waals surface area contributed by atoms with Crippen LogP contribution in [-0.4, -0.2) is 22.4 Å². The number of nitrogens with zero attached hydrogens (tertiary/aromatic N) is 2. The van der Waals surface area contributed by atoms with Crippen molar-refractivity contribution < 1.29 is 4.79 Å². The van der Waals surface area contributed by atoms with Crippen LogP contribution in [0.1, 0.15) is 41.4 Å². The van der Waals surface area contributed by atoms with E-state index in [1.807, 2.05) is 23.7 Å². The number of pyridine rings is 1. The van der Waals surface area contributed by atoms with E-state index in [-0.39, 0.29) is 5.91 Å². The average molecular weight is 351 g/mol. The molecule has 25 heavy (non-hydrogen) atoms. The summed E-state index contributed by atoms with van der Waals surface area (Å²) in [4.78, 5) is 20.8. The van der Waals surface area contributed by atoms with E-state index in [4.69, 9.17) is 0 Å². The van der Waals surface area contributed by atoms with Gasteiger partial charge in [0.25, 0.3) is 5.91 Å². The van der Waals surface area contributed by atoms with E-state index >= 15 is 0 Å². The van der Waals surface area contributed by atoms with Crippen LogP contribution in [0.2, 0.25) is 0 Å². The van der Waals surface area contributed by atoms with Crippen LogP contribution < -0.4 is 5.32 Å². The molecule has 0 saturated carbocycles. The topological polar surface area (TPSA) is 54.9 Å². The Hall–Kier alpha value is -2.53. The Balaban J connectivity index is 1.59. The minimum absolute atomic E-state index is 0.134. The third kappa shape index (κ3) is 4.51. The van der Waals surface area contributed by atoms with E-state index in [1.165, 1.54) is 16.9 Å². The fourth-order valence-electron chi connectivity index (χ4n) is 2.48. The second kappa shape index (κ2) is 8.03. The second-order valence-corrected chi connectivity index (χ2v) is 7.04. The molecule has 4 nitrogen and oxygen atoms in total. The maximum atomic E-state index is 12.2. The van der Waals surface area contributed by atoms with Gasteiger partial charge < -0.3 is 5.32 Å². The average Bonchev–Trinajstić information content (AvgIpc) is 3.13. The van der Waals surface area contributed by atoms with Crippen LogP contribution in [0.5, 0.6) is 0 Å². The lowest BCUT2D eigenvalue weighted by atomic mass is 10.0. The van der Waals surface area contributed by atoms with E-state index in [0.717, 1.165) is 22.6 Å². The highest BCUT2D eigenvalue weighted by molar-refractivity contribution is 7.13. The van der Waals surface area contributed by atoms with Gasteiger partial charge in [0, 0.05) is 29.9 Å². The van der Waals surface area contributed by atoms with Crippen LogP contribution in [-0.2, 0) is 6.42 Å². The largest absolute Gasteiger partial charge is 0.350 e. The van der Waals surface area contributed by atoms with Crippen molar-refractivity contribution in [3.8, 4) is 10.6 Å². The van der Waals surface area contributed by atoms with E-state index < -0.39 is 0 Å². The van der Waals surface area contributed by atoms with Crippen molar-refractivity contribution in [2.24, 2.45) is 0 Å². The van der Waals surface area contributed by atoms with E-state index in [9.17, 15) is 4.79 Å². The highest BCUT2D eigenvalue weighted by Crippen LogP contribution is 2.25. The summed E-state index contributed by atoms with van der Waals surface area (Å²) >= 11 is 1.49. The van der Waals surface area contributed by atoms with Gasteiger partial charge in [-0.3, -0.25) is 9.78 Å². The van der Waals surface area contributed by atoms with Crippen molar-refractivity contribution in [2.75, 3.05) is 6.54 Å². The molecule has 1 amide bonds. The van der Waals surface area contributed by atoms with Crippen LogP contribution in [0.3, 0.4) is 0 Å². The Labute approximate surface area is 152 Å². The molecule has 2 aromatic heterocycles. The number of hydrogen-bond donors (Lipinski definition) is 1. The molecule has 0 radical (unpaired) electrons. The number of thiazole rings is 1. The molecule has 0 fully saturated rings. The zero-order valence-corrected chi connectivity index (χ0v) is 15.2. The van der Waals surface area contributed by atoms with Crippen molar-refractivity contribution in [1.29, 1.82) is 0 Å². The molecular formula is C20H21N3OS. The van der Waals surface area contributed by atoms with Gasteiger partial charge in [-0.15, -0.1) is 11.3 Å². The quantitative estimate of drug-likeness (QED) is 0.720. The number of carbonyl (C=O) groups is 1. The van der Waals surface area contributed by atoms with Crippen molar-refractivity contribution >= 4 is 17.2 Å². The molecule has 0 bridgehead atoms. The number of nitrogens with one attached hydrogen (secondary N) is 1. The van der Waals surface area contributed by atoms with Gasteiger partial charge in [-0.05, 0) is 29.5 Å². The van der Waals surface area contributed by atoms with Crippen molar-refractivity contribution in [1.82, 2.24) is 15.3 Å². The third-order valence-electron chi connectivity index (χ3n) is 3.98. The summed E-state index contributed by atoms with van der Waals surface area (Å²) in [5.74, 6) is 0.372. The summed E-state index contributed by atoms with van der Waals surface area (Å²) in [5, 5.41) is 5.59. The molecule has 0 saturated heterocycles. The van der Waals surface area contributed by atoms with Crippen LogP contribution in [0.4, 0.5) is 0 Å². The number of benzene rings is 1. The minimum Gasteiger partial charge on any atom is -0.350 e. The molecule has 0 spiro atoms. The Morgan fingerprint density at radius 2 is 2.00 bits per heavy atom. The van der Waals surface area contributed by atoms with Gasteiger partial charge >= 0.3 is 0 Å². The van der Waals surface area contributed by atoms with Gasteiger partial charge in [-0.25, -0.2) is 4.98 Å². The van der Waals surface area contributed by atoms with Gasteiger partial charge in [-0.1, -0.05) is 44.2 Å². The summed E-state index contributed by atoms with van der Waals surface area (Å²) in [6.07, 6.45) is 4.31. The Bertz CT molecular complexity index is 826. The van der Waals surface area contributed by atoms with Crippen LogP contribution in [0.25, 0.3) is 10.6 Å². The fraction of sp³-hybridized carbons (Fsp3) is 0.250. The number of hydrogen-bond acceptors (Lipinski definition) is 4. The van der Waals surface area contributed by atoms with Crippen molar-refractivity contribution in [3.05, 3.63) is 71.0 Å². The molecule has 2 heterocycles. The fourth-order valence-corrected chi connectivity index (χ4v) is 3.28.